The van der Waals surface area contributed by atoms with E-state index in [9.17, 15) is 4.39 Å². The third kappa shape index (κ3) is 2.06. The van der Waals surface area contributed by atoms with Crippen molar-refractivity contribution < 1.29 is 4.39 Å². The average Bonchev–Trinajstić information content (AvgIpc) is 2.33. The zero-order valence-corrected chi connectivity index (χ0v) is 8.89. The molecule has 3 nitrogen and oxygen atoms in total. The molecule has 0 amide bonds. The molecule has 1 aromatic heterocycles. The highest BCUT2D eigenvalue weighted by atomic mass is 19.1. The molecule has 0 spiro atoms. The smallest absolute Gasteiger partial charge is 0.126 e. The third-order valence-electron chi connectivity index (χ3n) is 2.48. The first-order chi connectivity index (χ1) is 7.68. The molecule has 0 aliphatic heterocycles. The van der Waals surface area contributed by atoms with Crippen molar-refractivity contribution in [3.63, 3.8) is 0 Å². The van der Waals surface area contributed by atoms with Crippen LogP contribution in [-0.4, -0.2) is 9.97 Å². The van der Waals surface area contributed by atoms with Crippen LogP contribution in [0.2, 0.25) is 0 Å². The van der Waals surface area contributed by atoms with Crippen LogP contribution in [0.5, 0.6) is 0 Å². The summed E-state index contributed by atoms with van der Waals surface area (Å²) in [5.74, 6) is -0.222. The van der Waals surface area contributed by atoms with Gasteiger partial charge in [-0.2, -0.15) is 0 Å². The van der Waals surface area contributed by atoms with Crippen molar-refractivity contribution in [2.75, 3.05) is 0 Å². The van der Waals surface area contributed by atoms with Crippen LogP contribution >= 0.6 is 0 Å². The van der Waals surface area contributed by atoms with E-state index in [2.05, 4.69) is 9.97 Å². The molecule has 4 heteroatoms. The van der Waals surface area contributed by atoms with Gasteiger partial charge in [0.15, 0.2) is 0 Å². The van der Waals surface area contributed by atoms with Crippen molar-refractivity contribution in [1.29, 1.82) is 0 Å². The minimum absolute atomic E-state index is 0.222. The van der Waals surface area contributed by atoms with Gasteiger partial charge >= 0.3 is 0 Å². The third-order valence-corrected chi connectivity index (χ3v) is 2.48. The van der Waals surface area contributed by atoms with Crippen LogP contribution in [0.4, 0.5) is 4.39 Å². The van der Waals surface area contributed by atoms with Crippen molar-refractivity contribution in [1.82, 2.24) is 9.97 Å². The molecule has 1 aromatic carbocycles. The highest BCUT2D eigenvalue weighted by Gasteiger charge is 2.10. The minimum Gasteiger partial charge on any atom is -0.320 e. The van der Waals surface area contributed by atoms with Crippen molar-refractivity contribution in [3.8, 4) is 0 Å². The first kappa shape index (κ1) is 10.7. The van der Waals surface area contributed by atoms with Gasteiger partial charge in [0.25, 0.3) is 0 Å². The maximum atomic E-state index is 13.1. The van der Waals surface area contributed by atoms with E-state index < -0.39 is 0 Å². The molecular formula is C12H12FN3. The van der Waals surface area contributed by atoms with E-state index in [0.717, 1.165) is 11.1 Å². The fourth-order valence-electron chi connectivity index (χ4n) is 1.53. The number of hydrogen-bond acceptors (Lipinski definition) is 3. The zero-order chi connectivity index (χ0) is 11.5. The summed E-state index contributed by atoms with van der Waals surface area (Å²) < 4.78 is 13.1. The minimum atomic E-state index is -0.319. The Morgan fingerprint density at radius 2 is 1.88 bits per heavy atom. The van der Waals surface area contributed by atoms with Crippen LogP contribution in [0.15, 0.2) is 36.9 Å². The first-order valence-corrected chi connectivity index (χ1v) is 4.95. The lowest BCUT2D eigenvalue weighted by molar-refractivity contribution is 0.617. The van der Waals surface area contributed by atoms with Gasteiger partial charge in [-0.05, 0) is 24.1 Å². The maximum Gasteiger partial charge on any atom is 0.126 e. The van der Waals surface area contributed by atoms with Gasteiger partial charge in [-0.1, -0.05) is 12.1 Å². The number of halogens is 1. The Bertz CT molecular complexity index is 485. The standard InChI is InChI=1S/C12H12FN3/c1-8-4-9(2-3-11(8)13)12(14)10-5-15-7-16-6-10/h2-7,12H,14H2,1H3. The summed E-state index contributed by atoms with van der Waals surface area (Å²) in [6.45, 7) is 1.72. The molecule has 0 aliphatic rings. The lowest BCUT2D eigenvalue weighted by Gasteiger charge is -2.12. The van der Waals surface area contributed by atoms with Gasteiger partial charge < -0.3 is 5.73 Å². The van der Waals surface area contributed by atoms with Crippen molar-refractivity contribution in [2.24, 2.45) is 5.73 Å². The maximum absolute atomic E-state index is 13.1. The monoisotopic (exact) mass is 217 g/mol. The summed E-state index contributed by atoms with van der Waals surface area (Å²) in [5, 5.41) is 0. The van der Waals surface area contributed by atoms with Crippen LogP contribution < -0.4 is 5.73 Å². The molecule has 0 radical (unpaired) electrons. The zero-order valence-electron chi connectivity index (χ0n) is 8.89. The van der Waals surface area contributed by atoms with Crippen LogP contribution in [0.25, 0.3) is 0 Å². The Kier molecular flexibility index (Phi) is 2.92. The van der Waals surface area contributed by atoms with E-state index in [1.807, 2.05) is 0 Å². The molecule has 1 atom stereocenters. The molecule has 16 heavy (non-hydrogen) atoms. The normalized spacial score (nSPS) is 12.4. The Morgan fingerprint density at radius 3 is 2.50 bits per heavy atom. The van der Waals surface area contributed by atoms with Crippen molar-refractivity contribution >= 4 is 0 Å². The SMILES string of the molecule is Cc1cc(C(N)c2cncnc2)ccc1F. The van der Waals surface area contributed by atoms with Crippen LogP contribution in [0, 0.1) is 12.7 Å². The highest BCUT2D eigenvalue weighted by molar-refractivity contribution is 5.32. The van der Waals surface area contributed by atoms with Gasteiger partial charge in [0.1, 0.15) is 12.1 Å². The molecular weight excluding hydrogens is 205 g/mol. The Morgan fingerprint density at radius 1 is 1.19 bits per heavy atom. The second kappa shape index (κ2) is 4.37. The molecule has 0 bridgehead atoms. The molecule has 1 unspecified atom stereocenters. The number of benzene rings is 1. The van der Waals surface area contributed by atoms with Crippen molar-refractivity contribution in [2.45, 2.75) is 13.0 Å². The second-order valence-electron chi connectivity index (χ2n) is 3.66. The van der Waals surface area contributed by atoms with E-state index >= 15 is 0 Å². The number of hydrogen-bond donors (Lipinski definition) is 1. The van der Waals surface area contributed by atoms with Gasteiger partial charge in [0.2, 0.25) is 0 Å². The van der Waals surface area contributed by atoms with Crippen LogP contribution in [0.1, 0.15) is 22.7 Å². The van der Waals surface area contributed by atoms with E-state index in [4.69, 9.17) is 5.73 Å². The summed E-state index contributed by atoms with van der Waals surface area (Å²) in [7, 11) is 0. The van der Waals surface area contributed by atoms with E-state index in [-0.39, 0.29) is 11.9 Å². The van der Waals surface area contributed by atoms with E-state index in [1.54, 1.807) is 31.5 Å². The Labute approximate surface area is 93.2 Å². The summed E-state index contributed by atoms with van der Waals surface area (Å²) in [6, 6.07) is 4.53. The van der Waals surface area contributed by atoms with Gasteiger partial charge in [0, 0.05) is 18.0 Å². The van der Waals surface area contributed by atoms with Gasteiger partial charge in [-0.3, -0.25) is 0 Å². The Balaban J connectivity index is 2.34. The molecule has 2 rings (SSSR count). The lowest BCUT2D eigenvalue weighted by atomic mass is 10.0. The molecule has 0 saturated carbocycles. The average molecular weight is 217 g/mol. The van der Waals surface area contributed by atoms with E-state index in [1.165, 1.54) is 12.4 Å². The number of aromatic nitrogens is 2. The van der Waals surface area contributed by atoms with Gasteiger partial charge in [-0.25, -0.2) is 14.4 Å². The lowest BCUT2D eigenvalue weighted by Crippen LogP contribution is -2.12. The van der Waals surface area contributed by atoms with Crippen LogP contribution in [0.3, 0.4) is 0 Å². The molecule has 2 aromatic rings. The summed E-state index contributed by atoms with van der Waals surface area (Å²) in [4.78, 5) is 7.81. The topological polar surface area (TPSA) is 51.8 Å². The molecule has 0 saturated heterocycles. The summed E-state index contributed by atoms with van der Waals surface area (Å²) >= 11 is 0. The van der Waals surface area contributed by atoms with Gasteiger partial charge in [0.05, 0.1) is 6.04 Å². The highest BCUT2D eigenvalue weighted by Crippen LogP contribution is 2.20. The summed E-state index contributed by atoms with van der Waals surface area (Å²) in [5.41, 5.74) is 8.29. The van der Waals surface area contributed by atoms with Gasteiger partial charge in [-0.15, -0.1) is 0 Å². The predicted octanol–water partition coefficient (Wildman–Crippen LogP) is 1.97. The summed E-state index contributed by atoms with van der Waals surface area (Å²) in [6.07, 6.45) is 4.78. The number of aryl methyl sites for hydroxylation is 1. The molecule has 82 valence electrons. The quantitative estimate of drug-likeness (QED) is 0.836. The first-order valence-electron chi connectivity index (χ1n) is 4.95. The molecule has 2 N–H and O–H groups in total. The fourth-order valence-corrected chi connectivity index (χ4v) is 1.53. The number of nitrogens with zero attached hydrogens (tertiary/aromatic N) is 2. The predicted molar refractivity (Wildman–Crippen MR) is 59.2 cm³/mol. The largest absolute Gasteiger partial charge is 0.320 e. The molecule has 0 aliphatic carbocycles. The molecule has 1 heterocycles. The Hall–Kier alpha value is -1.81. The van der Waals surface area contributed by atoms with Crippen molar-refractivity contribution in [3.05, 3.63) is 59.4 Å². The fraction of sp³-hybridized carbons (Fsp3) is 0.167. The van der Waals surface area contributed by atoms with E-state index in [0.29, 0.717) is 5.56 Å². The van der Waals surface area contributed by atoms with Crippen LogP contribution in [-0.2, 0) is 0 Å². The number of nitrogens with two attached hydrogens (primary N) is 1. The second-order valence-corrected chi connectivity index (χ2v) is 3.66. The molecule has 0 fully saturated rings. The number of rotatable bonds is 2.